The van der Waals surface area contributed by atoms with Crippen LogP contribution >= 0.6 is 23.2 Å². The van der Waals surface area contributed by atoms with E-state index in [0.717, 1.165) is 49.5 Å². The normalized spacial score (nSPS) is 21.1. The largest absolute Gasteiger partial charge is 0.461 e. The number of aromatic nitrogens is 6. The predicted molar refractivity (Wildman–Crippen MR) is 285 cm³/mol. The molecule has 12 rings (SSSR count). The zero-order valence-electron chi connectivity index (χ0n) is 43.4. The Hall–Kier alpha value is -7.03. The number of urea groups is 1. The van der Waals surface area contributed by atoms with Crippen molar-refractivity contribution in [2.45, 2.75) is 88.8 Å². The second-order valence-corrected chi connectivity index (χ2v) is 21.2. The fourth-order valence-electron chi connectivity index (χ4n) is 9.76. The second-order valence-electron chi connectivity index (χ2n) is 20.3. The van der Waals surface area contributed by atoms with E-state index in [4.69, 9.17) is 57.4 Å². The third-order valence-electron chi connectivity index (χ3n) is 13.5. The Labute approximate surface area is 465 Å². The monoisotopic (exact) mass is 1150 g/mol. The zero-order chi connectivity index (χ0) is 56.7. The average Bonchev–Trinajstić information content (AvgIpc) is 4.38. The third-order valence-corrected chi connectivity index (χ3v) is 14.0. The number of halogens is 8. The molecule has 0 saturated carbocycles. The van der Waals surface area contributed by atoms with E-state index in [1.54, 1.807) is 18.2 Å². The predicted octanol–water partition coefficient (Wildman–Crippen LogP) is 10.4. The molecule has 424 valence electrons. The first-order chi connectivity index (χ1) is 37.9. The summed E-state index contributed by atoms with van der Waals surface area (Å²) in [4.78, 5) is 44.6. The van der Waals surface area contributed by atoms with E-state index in [-0.39, 0.29) is 47.1 Å². The maximum absolute atomic E-state index is 13.5. The van der Waals surface area contributed by atoms with Gasteiger partial charge in [0, 0.05) is 43.3 Å². The van der Waals surface area contributed by atoms with Crippen molar-refractivity contribution in [3.05, 3.63) is 107 Å². The molecular weight excluding hydrogens is 1100 g/mol. The maximum atomic E-state index is 13.5. The first-order valence-corrected chi connectivity index (χ1v) is 26.1. The topological polar surface area (TPSA) is 210 Å². The van der Waals surface area contributed by atoms with Gasteiger partial charge in [-0.25, -0.2) is 34.7 Å². The van der Waals surface area contributed by atoms with E-state index in [1.807, 2.05) is 27.7 Å². The summed E-state index contributed by atoms with van der Waals surface area (Å²) >= 11 is 12.8. The van der Waals surface area contributed by atoms with Crippen LogP contribution in [0.2, 0.25) is 10.0 Å². The number of nitrogen functional groups attached to an aromatic ring is 1. The number of carbonyl (C=O) groups excluding carboxylic acids is 1. The standard InChI is InChI=1S/C27H26ClF3N6O4.C16H13ClF3N3.C10H15N3O3/c1-26(2)40-14-19(41-26)13-39-24-32-10-17(11-33-24)34-25(38)37-18-6-7-36(12-18)21-9-20(28)22(35-23(21)37)15-4-3-5-16(8-15)27(29,30)31;17-12-7-13-15(21-11-4-5-23(13)8-11)22-14(12)9-2-1-3-10(6-9)16(18,19)20;1-10(2)15-6-8(16-10)5-14-9-12-3-7(11)4-13-9/h3-5,8-11,18-19H,6-7,12-14H2,1-2H3,(H,34,38);1-3,6-7,11H,4-5,8H2,(H,21,22);3-4,8H,5-6,11H2,1-2H3/t18-,19-;11-;8-/m000/s1. The number of amides is 2. The van der Waals surface area contributed by atoms with Crippen molar-refractivity contribution in [3.63, 3.8) is 0 Å². The number of anilines is 6. The molecule has 6 aromatic rings. The minimum absolute atomic E-state index is 0.0869. The van der Waals surface area contributed by atoms with E-state index in [1.165, 1.54) is 47.9 Å². The van der Waals surface area contributed by atoms with Gasteiger partial charge in [0.15, 0.2) is 23.2 Å². The van der Waals surface area contributed by atoms with Crippen LogP contribution in [0.4, 0.5) is 65.5 Å². The fourth-order valence-corrected chi connectivity index (χ4v) is 10.3. The van der Waals surface area contributed by atoms with Crippen molar-refractivity contribution in [1.82, 2.24) is 29.9 Å². The van der Waals surface area contributed by atoms with Crippen molar-refractivity contribution in [3.8, 4) is 34.5 Å². The van der Waals surface area contributed by atoms with E-state index >= 15 is 0 Å². The highest BCUT2D eigenvalue weighted by molar-refractivity contribution is 6.34. The Morgan fingerprint density at radius 1 is 0.725 bits per heavy atom. The second kappa shape index (κ2) is 22.5. The molecule has 4 bridgehead atoms. The first kappa shape index (κ1) is 56.3. The van der Waals surface area contributed by atoms with Gasteiger partial charge < -0.3 is 54.6 Å². The number of nitrogens with two attached hydrogens (primary N) is 1. The summed E-state index contributed by atoms with van der Waals surface area (Å²) in [7, 11) is 0. The molecule has 0 aliphatic carbocycles. The van der Waals surface area contributed by atoms with Gasteiger partial charge in [0.25, 0.3) is 0 Å². The minimum atomic E-state index is -4.52. The molecule has 4 N–H and O–H groups in total. The summed E-state index contributed by atoms with van der Waals surface area (Å²) in [5, 5.41) is 6.68. The van der Waals surface area contributed by atoms with Crippen LogP contribution in [0.5, 0.6) is 12.0 Å². The first-order valence-electron chi connectivity index (χ1n) is 25.4. The molecule has 6 aliphatic rings. The molecule has 4 fully saturated rings. The van der Waals surface area contributed by atoms with E-state index in [9.17, 15) is 31.1 Å². The number of carbonyl (C=O) groups is 1. The van der Waals surface area contributed by atoms with Crippen molar-refractivity contribution < 1.29 is 59.6 Å². The molecule has 19 nitrogen and oxygen atoms in total. The number of fused-ring (bicyclic) bond motifs is 8. The van der Waals surface area contributed by atoms with Gasteiger partial charge >= 0.3 is 30.4 Å². The summed E-state index contributed by atoms with van der Waals surface area (Å²) < 4.78 is 112. The van der Waals surface area contributed by atoms with Gasteiger partial charge in [0.2, 0.25) is 0 Å². The Morgan fingerprint density at radius 2 is 1.24 bits per heavy atom. The molecule has 2 amide bonds. The average molecular weight is 1160 g/mol. The van der Waals surface area contributed by atoms with Crippen LogP contribution in [-0.2, 0) is 31.3 Å². The number of pyridine rings is 2. The molecule has 6 aliphatic heterocycles. The molecule has 0 unspecified atom stereocenters. The van der Waals surface area contributed by atoms with E-state index in [0.29, 0.717) is 96.4 Å². The van der Waals surface area contributed by atoms with Gasteiger partial charge in [0.1, 0.15) is 25.4 Å². The highest BCUT2D eigenvalue weighted by atomic mass is 35.5. The van der Waals surface area contributed by atoms with Crippen LogP contribution in [0.3, 0.4) is 0 Å². The number of benzene rings is 2. The zero-order valence-corrected chi connectivity index (χ0v) is 45.0. The third kappa shape index (κ3) is 13.1. The molecule has 80 heavy (non-hydrogen) atoms. The Balaban J connectivity index is 0.000000154. The number of hydrogen-bond acceptors (Lipinski definition) is 17. The van der Waals surface area contributed by atoms with Crippen LogP contribution in [0.25, 0.3) is 22.5 Å². The van der Waals surface area contributed by atoms with Crippen LogP contribution in [0.15, 0.2) is 85.5 Å². The van der Waals surface area contributed by atoms with Crippen LogP contribution in [0, 0.1) is 0 Å². The summed E-state index contributed by atoms with van der Waals surface area (Å²) in [6, 6.07) is 13.4. The lowest BCUT2D eigenvalue weighted by atomic mass is 10.1. The molecule has 0 radical (unpaired) electrons. The lowest BCUT2D eigenvalue weighted by Gasteiger charge is -2.36. The Kier molecular flexibility index (Phi) is 15.8. The smallest absolute Gasteiger partial charge is 0.416 e. The Morgan fingerprint density at radius 3 is 1.77 bits per heavy atom. The lowest BCUT2D eigenvalue weighted by molar-refractivity contribution is -0.142. The molecule has 4 saturated heterocycles. The molecule has 2 aromatic carbocycles. The van der Waals surface area contributed by atoms with Gasteiger partial charge in [-0.2, -0.15) is 26.3 Å². The van der Waals surface area contributed by atoms with Crippen molar-refractivity contribution in [1.29, 1.82) is 0 Å². The number of ether oxygens (including phenoxy) is 6. The van der Waals surface area contributed by atoms with Crippen molar-refractivity contribution in [2.24, 2.45) is 0 Å². The minimum Gasteiger partial charge on any atom is -0.461 e. The van der Waals surface area contributed by atoms with Crippen molar-refractivity contribution >= 4 is 63.6 Å². The maximum Gasteiger partial charge on any atom is 0.416 e. The molecule has 4 atom stereocenters. The number of nitrogens with zero attached hydrogens (tertiary/aromatic N) is 9. The van der Waals surface area contributed by atoms with Crippen LogP contribution in [-0.4, -0.2) is 124 Å². The summed E-state index contributed by atoms with van der Waals surface area (Å²) in [6.07, 6.45) is -1.70. The fraction of sp³-hybridized carbons (Fsp3) is 0.415. The summed E-state index contributed by atoms with van der Waals surface area (Å²) in [5.74, 6) is -0.192. The van der Waals surface area contributed by atoms with E-state index in [2.05, 4.69) is 50.3 Å². The summed E-state index contributed by atoms with van der Waals surface area (Å²) in [6.45, 7) is 12.0. The highest BCUT2D eigenvalue weighted by Crippen LogP contribution is 2.45. The molecule has 4 aromatic heterocycles. The van der Waals surface area contributed by atoms with Crippen LogP contribution in [0.1, 0.15) is 51.7 Å². The van der Waals surface area contributed by atoms with Gasteiger partial charge in [-0.3, -0.25) is 4.90 Å². The SMILES string of the molecule is CC1(C)OC[C@H](COc2ncc(N)cn2)O1.CC1(C)OC[C@H](COc2ncc(NC(=O)N3c4nc(-c5cccc(C(F)(F)F)c5)c(Cl)cc4N4CC[C@H]3C4)cn2)O1.FC(F)(F)c1cccc(-c2nc3c(cc2Cl)N2CC[C@@H](C2)N3)c1. The summed E-state index contributed by atoms with van der Waals surface area (Å²) in [5.41, 5.74) is 7.41. The van der Waals surface area contributed by atoms with Gasteiger partial charge in [-0.15, -0.1) is 0 Å². The van der Waals surface area contributed by atoms with Gasteiger partial charge in [0.05, 0.1) is 99.4 Å². The highest BCUT2D eigenvalue weighted by Gasteiger charge is 2.42. The molecule has 0 spiro atoms. The van der Waals surface area contributed by atoms with Gasteiger partial charge in [-0.1, -0.05) is 47.5 Å². The van der Waals surface area contributed by atoms with Gasteiger partial charge in [-0.05, 0) is 76.9 Å². The number of alkyl halides is 6. The number of nitrogens with one attached hydrogen (secondary N) is 2. The number of rotatable bonds is 9. The quantitative estimate of drug-likeness (QED) is 0.115. The van der Waals surface area contributed by atoms with Crippen LogP contribution < -0.4 is 40.5 Å². The molecule has 10 heterocycles. The Bertz CT molecular complexity index is 3220. The molecule has 27 heteroatoms. The van der Waals surface area contributed by atoms with E-state index < -0.39 is 41.1 Å². The molecular formula is C53H54Cl2F6N12O7. The van der Waals surface area contributed by atoms with Crippen molar-refractivity contribution in [2.75, 3.05) is 83.7 Å². The number of hydrogen-bond donors (Lipinski definition) is 3. The lowest BCUT2D eigenvalue weighted by Crippen LogP contribution is -2.48.